The molecular formula is C18H29ClN2O3. The number of nitrogens with one attached hydrogen (secondary N) is 2. The highest BCUT2D eigenvalue weighted by atomic mass is 35.5. The summed E-state index contributed by atoms with van der Waals surface area (Å²) in [5.74, 6) is 1.63. The van der Waals surface area contributed by atoms with Crippen molar-refractivity contribution in [2.24, 2.45) is 11.8 Å². The summed E-state index contributed by atoms with van der Waals surface area (Å²) in [7, 11) is 1.57. The van der Waals surface area contributed by atoms with Gasteiger partial charge >= 0.3 is 0 Å². The van der Waals surface area contributed by atoms with E-state index in [1.165, 1.54) is 0 Å². The number of hydrogen-bond donors (Lipinski definition) is 3. The van der Waals surface area contributed by atoms with Gasteiger partial charge in [-0.3, -0.25) is 4.79 Å². The number of aliphatic hydroxyl groups excluding tert-OH is 1. The quantitative estimate of drug-likeness (QED) is 0.701. The minimum atomic E-state index is -0.760. The Bertz CT molecular complexity index is 507. The predicted octanol–water partition coefficient (Wildman–Crippen LogP) is 2.29. The molecule has 1 saturated heterocycles. The highest BCUT2D eigenvalue weighted by Gasteiger charge is 2.22. The molecule has 0 bridgehead atoms. The van der Waals surface area contributed by atoms with Gasteiger partial charge in [0.15, 0.2) is 0 Å². The van der Waals surface area contributed by atoms with Crippen LogP contribution in [0.15, 0.2) is 24.3 Å². The monoisotopic (exact) mass is 356 g/mol. The van der Waals surface area contributed by atoms with Crippen LogP contribution in [0.2, 0.25) is 0 Å². The molecule has 2 rings (SSSR count). The Kier molecular flexibility index (Phi) is 9.11. The molecule has 136 valence electrons. The number of aliphatic hydroxyl groups is 1. The fourth-order valence-corrected chi connectivity index (χ4v) is 3.21. The van der Waals surface area contributed by atoms with Crippen molar-refractivity contribution in [3.8, 4) is 5.75 Å². The molecule has 1 aromatic carbocycles. The van der Waals surface area contributed by atoms with Crippen molar-refractivity contribution in [3.05, 3.63) is 29.8 Å². The second kappa shape index (κ2) is 10.5. The van der Waals surface area contributed by atoms with Gasteiger partial charge in [0.2, 0.25) is 5.91 Å². The van der Waals surface area contributed by atoms with Crippen LogP contribution in [0.4, 0.5) is 0 Å². The number of hydrogen-bond acceptors (Lipinski definition) is 4. The summed E-state index contributed by atoms with van der Waals surface area (Å²) in [5.41, 5.74) is 0.696. The lowest BCUT2D eigenvalue weighted by atomic mass is 9.84. The summed E-state index contributed by atoms with van der Waals surface area (Å²) in [5, 5.41) is 16.4. The fourth-order valence-electron chi connectivity index (χ4n) is 3.21. The average molecular weight is 357 g/mol. The average Bonchev–Trinajstić information content (AvgIpc) is 2.60. The first-order valence-electron chi connectivity index (χ1n) is 8.40. The Balaban J connectivity index is 0.00000288. The molecule has 2 unspecified atom stereocenters. The molecule has 0 aromatic heterocycles. The Morgan fingerprint density at radius 1 is 1.38 bits per heavy atom. The summed E-state index contributed by atoms with van der Waals surface area (Å²) in [6, 6.07) is 7.32. The minimum absolute atomic E-state index is 0. The summed E-state index contributed by atoms with van der Waals surface area (Å²) in [4.78, 5) is 12.1. The maximum Gasteiger partial charge on any atom is 0.220 e. The molecular weight excluding hydrogens is 328 g/mol. The van der Waals surface area contributed by atoms with Gasteiger partial charge < -0.3 is 20.5 Å². The normalized spacial score (nSPS) is 17.5. The first kappa shape index (κ1) is 20.7. The fraction of sp³-hybridized carbons (Fsp3) is 0.611. The zero-order valence-electron chi connectivity index (χ0n) is 14.5. The second-order valence-corrected chi connectivity index (χ2v) is 6.33. The largest absolute Gasteiger partial charge is 0.496 e. The first-order chi connectivity index (χ1) is 11.1. The molecule has 1 amide bonds. The van der Waals surface area contributed by atoms with Crippen LogP contribution < -0.4 is 15.4 Å². The molecule has 1 aromatic rings. The SMILES string of the molecule is COc1ccccc1C(O)CNC(=O)CC(C)C1CCNCC1.Cl. The molecule has 24 heavy (non-hydrogen) atoms. The molecule has 3 N–H and O–H groups in total. The molecule has 0 spiro atoms. The van der Waals surface area contributed by atoms with Gasteiger partial charge in [-0.15, -0.1) is 12.4 Å². The zero-order valence-corrected chi connectivity index (χ0v) is 15.3. The van der Waals surface area contributed by atoms with E-state index in [2.05, 4.69) is 17.6 Å². The molecule has 1 heterocycles. The van der Waals surface area contributed by atoms with Crippen molar-refractivity contribution in [1.82, 2.24) is 10.6 Å². The molecule has 6 heteroatoms. The van der Waals surface area contributed by atoms with Crippen LogP contribution in [0.25, 0.3) is 0 Å². The van der Waals surface area contributed by atoms with Crippen LogP contribution in [0, 0.1) is 11.8 Å². The number of benzene rings is 1. The van der Waals surface area contributed by atoms with Crippen LogP contribution >= 0.6 is 12.4 Å². The van der Waals surface area contributed by atoms with Crippen molar-refractivity contribution in [2.75, 3.05) is 26.7 Å². The first-order valence-corrected chi connectivity index (χ1v) is 8.40. The topological polar surface area (TPSA) is 70.6 Å². The van der Waals surface area contributed by atoms with Crippen molar-refractivity contribution in [3.63, 3.8) is 0 Å². The third-order valence-electron chi connectivity index (χ3n) is 4.69. The summed E-state index contributed by atoms with van der Waals surface area (Å²) < 4.78 is 5.24. The van der Waals surface area contributed by atoms with E-state index >= 15 is 0 Å². The number of amides is 1. The lowest BCUT2D eigenvalue weighted by molar-refractivity contribution is -0.122. The molecule has 0 radical (unpaired) electrons. The summed E-state index contributed by atoms with van der Waals surface area (Å²) >= 11 is 0. The van der Waals surface area contributed by atoms with E-state index in [1.54, 1.807) is 13.2 Å². The van der Waals surface area contributed by atoms with E-state index in [1.807, 2.05) is 18.2 Å². The van der Waals surface area contributed by atoms with Gasteiger partial charge in [-0.2, -0.15) is 0 Å². The van der Waals surface area contributed by atoms with Crippen LogP contribution in [0.1, 0.15) is 37.9 Å². The number of para-hydroxylation sites is 1. The van der Waals surface area contributed by atoms with Crippen LogP contribution in [0.3, 0.4) is 0 Å². The summed E-state index contributed by atoms with van der Waals surface area (Å²) in [6.45, 7) is 4.44. The third kappa shape index (κ3) is 5.96. The van der Waals surface area contributed by atoms with Gasteiger partial charge in [-0.1, -0.05) is 25.1 Å². The number of carbonyl (C=O) groups excluding carboxylic acids is 1. The number of halogens is 1. The highest BCUT2D eigenvalue weighted by molar-refractivity contribution is 5.85. The number of methoxy groups -OCH3 is 1. The van der Waals surface area contributed by atoms with Crippen molar-refractivity contribution < 1.29 is 14.6 Å². The van der Waals surface area contributed by atoms with Crippen LogP contribution in [0.5, 0.6) is 5.75 Å². The maximum absolute atomic E-state index is 12.1. The van der Waals surface area contributed by atoms with E-state index in [0.717, 1.165) is 25.9 Å². The number of piperidine rings is 1. The molecule has 1 fully saturated rings. The minimum Gasteiger partial charge on any atom is -0.496 e. The Morgan fingerprint density at radius 2 is 2.04 bits per heavy atom. The Morgan fingerprint density at radius 3 is 2.71 bits per heavy atom. The van der Waals surface area contributed by atoms with Crippen LogP contribution in [-0.2, 0) is 4.79 Å². The van der Waals surface area contributed by atoms with E-state index in [4.69, 9.17) is 4.74 Å². The number of rotatable bonds is 7. The molecule has 0 aliphatic carbocycles. The number of carbonyl (C=O) groups is 1. The van der Waals surface area contributed by atoms with Gasteiger partial charge in [0, 0.05) is 18.5 Å². The van der Waals surface area contributed by atoms with E-state index in [-0.39, 0.29) is 24.9 Å². The van der Waals surface area contributed by atoms with E-state index in [0.29, 0.717) is 29.6 Å². The van der Waals surface area contributed by atoms with Crippen molar-refractivity contribution in [1.29, 1.82) is 0 Å². The lowest BCUT2D eigenvalue weighted by Crippen LogP contribution is -2.34. The number of ether oxygens (including phenoxy) is 1. The highest BCUT2D eigenvalue weighted by Crippen LogP contribution is 2.25. The van der Waals surface area contributed by atoms with Gasteiger partial charge in [0.25, 0.3) is 0 Å². The smallest absolute Gasteiger partial charge is 0.220 e. The van der Waals surface area contributed by atoms with E-state index in [9.17, 15) is 9.90 Å². The Labute approximate surface area is 150 Å². The zero-order chi connectivity index (χ0) is 16.7. The van der Waals surface area contributed by atoms with Gasteiger partial charge in [0.05, 0.1) is 13.2 Å². The van der Waals surface area contributed by atoms with Crippen molar-refractivity contribution in [2.45, 2.75) is 32.3 Å². The summed E-state index contributed by atoms with van der Waals surface area (Å²) in [6.07, 6.45) is 2.03. The van der Waals surface area contributed by atoms with E-state index < -0.39 is 6.10 Å². The van der Waals surface area contributed by atoms with Crippen molar-refractivity contribution >= 4 is 18.3 Å². The van der Waals surface area contributed by atoms with Gasteiger partial charge in [-0.25, -0.2) is 0 Å². The molecule has 0 saturated carbocycles. The van der Waals surface area contributed by atoms with Gasteiger partial charge in [-0.05, 0) is 43.8 Å². The predicted molar refractivity (Wildman–Crippen MR) is 97.6 cm³/mol. The molecule has 1 aliphatic heterocycles. The van der Waals surface area contributed by atoms with Gasteiger partial charge in [0.1, 0.15) is 5.75 Å². The Hall–Kier alpha value is -1.30. The lowest BCUT2D eigenvalue weighted by Gasteiger charge is -2.28. The third-order valence-corrected chi connectivity index (χ3v) is 4.69. The molecule has 5 nitrogen and oxygen atoms in total. The van der Waals surface area contributed by atoms with Crippen LogP contribution in [-0.4, -0.2) is 37.8 Å². The molecule has 1 aliphatic rings. The second-order valence-electron chi connectivity index (χ2n) is 6.33. The molecule has 2 atom stereocenters. The maximum atomic E-state index is 12.1. The standard InChI is InChI=1S/C18H28N2O3.ClH/c1-13(14-7-9-19-10-8-14)11-18(22)20-12-16(21)15-5-3-4-6-17(15)23-2;/h3-6,13-14,16,19,21H,7-12H2,1-2H3,(H,20,22);1H.